The Kier molecular flexibility index (Phi) is 7.73. The van der Waals surface area contributed by atoms with E-state index in [1.165, 1.54) is 5.56 Å². The van der Waals surface area contributed by atoms with Crippen LogP contribution in [0.25, 0.3) is 0 Å². The Morgan fingerprint density at radius 1 is 1.15 bits per heavy atom. The van der Waals surface area contributed by atoms with E-state index in [1.807, 2.05) is 12.1 Å². The van der Waals surface area contributed by atoms with Crippen molar-refractivity contribution in [3.8, 4) is 5.75 Å². The molecule has 0 amide bonds. The van der Waals surface area contributed by atoms with Crippen LogP contribution in [0.3, 0.4) is 0 Å². The summed E-state index contributed by atoms with van der Waals surface area (Å²) in [6.07, 6.45) is 4.16. The zero-order valence-corrected chi connectivity index (χ0v) is 12.5. The topological polar surface area (TPSA) is 49.8 Å². The lowest BCUT2D eigenvalue weighted by Crippen LogP contribution is -2.21. The summed E-state index contributed by atoms with van der Waals surface area (Å²) < 4.78 is 5.13. The first kappa shape index (κ1) is 16.5. The number of aryl methyl sites for hydroxylation is 1. The van der Waals surface area contributed by atoms with Gasteiger partial charge in [0, 0.05) is 6.42 Å². The monoisotopic (exact) mass is 279 g/mol. The maximum absolute atomic E-state index is 10.4. The Morgan fingerprint density at radius 3 is 2.40 bits per heavy atom. The van der Waals surface area contributed by atoms with Crippen LogP contribution in [-0.2, 0) is 11.2 Å². The van der Waals surface area contributed by atoms with Crippen molar-refractivity contribution in [2.45, 2.75) is 32.1 Å². The van der Waals surface area contributed by atoms with Crippen molar-refractivity contribution >= 4 is 5.97 Å². The second kappa shape index (κ2) is 9.37. The Bertz CT molecular complexity index is 389. The smallest absolute Gasteiger partial charge is 0.303 e. The molecule has 4 heteroatoms. The highest BCUT2D eigenvalue weighted by molar-refractivity contribution is 5.66. The average Bonchev–Trinajstić information content (AvgIpc) is 2.44. The molecule has 1 N–H and O–H groups in total. The van der Waals surface area contributed by atoms with Crippen molar-refractivity contribution < 1.29 is 14.6 Å². The van der Waals surface area contributed by atoms with Gasteiger partial charge in [-0.2, -0.15) is 0 Å². The zero-order chi connectivity index (χ0) is 14.8. The highest BCUT2D eigenvalue weighted by Crippen LogP contribution is 2.12. The van der Waals surface area contributed by atoms with E-state index >= 15 is 0 Å². The first-order valence-electron chi connectivity index (χ1n) is 7.15. The van der Waals surface area contributed by atoms with Gasteiger partial charge in [-0.3, -0.25) is 4.79 Å². The standard InChI is InChI=1S/C16H25NO3/c1-17(12-4-3-7-16(18)19)13-5-6-14-8-10-15(20-2)11-9-14/h8-11H,3-7,12-13H2,1-2H3,(H,18,19). The van der Waals surface area contributed by atoms with Crippen LogP contribution >= 0.6 is 0 Å². The van der Waals surface area contributed by atoms with Crippen LogP contribution < -0.4 is 4.74 Å². The lowest BCUT2D eigenvalue weighted by molar-refractivity contribution is -0.137. The number of carbonyl (C=O) groups is 1. The minimum absolute atomic E-state index is 0.277. The van der Waals surface area contributed by atoms with Crippen LogP contribution in [0.2, 0.25) is 0 Å². The lowest BCUT2D eigenvalue weighted by atomic mass is 10.1. The van der Waals surface area contributed by atoms with Gasteiger partial charge in [0.25, 0.3) is 0 Å². The van der Waals surface area contributed by atoms with Gasteiger partial charge >= 0.3 is 5.97 Å². The molecule has 0 atom stereocenters. The van der Waals surface area contributed by atoms with Gasteiger partial charge in [-0.05, 0) is 63.5 Å². The molecule has 0 aliphatic carbocycles. The van der Waals surface area contributed by atoms with E-state index in [4.69, 9.17) is 9.84 Å². The van der Waals surface area contributed by atoms with Crippen molar-refractivity contribution in [1.29, 1.82) is 0 Å². The summed E-state index contributed by atoms with van der Waals surface area (Å²) in [6, 6.07) is 8.19. The van der Waals surface area contributed by atoms with Gasteiger partial charge < -0.3 is 14.7 Å². The third-order valence-corrected chi connectivity index (χ3v) is 3.34. The lowest BCUT2D eigenvalue weighted by Gasteiger charge is -2.16. The summed E-state index contributed by atoms with van der Waals surface area (Å²) in [6.45, 7) is 2.01. The molecule has 1 rings (SSSR count). The summed E-state index contributed by atoms with van der Waals surface area (Å²) in [5.41, 5.74) is 1.32. The molecular formula is C16H25NO3. The number of unbranched alkanes of at least 4 members (excludes halogenated alkanes) is 1. The predicted octanol–water partition coefficient (Wildman–Crippen LogP) is 2.81. The molecule has 0 bridgehead atoms. The minimum atomic E-state index is -0.702. The van der Waals surface area contributed by atoms with Gasteiger partial charge in [-0.15, -0.1) is 0 Å². The van der Waals surface area contributed by atoms with E-state index in [-0.39, 0.29) is 6.42 Å². The fourth-order valence-electron chi connectivity index (χ4n) is 2.12. The molecule has 0 saturated heterocycles. The van der Waals surface area contributed by atoms with E-state index in [9.17, 15) is 4.79 Å². The summed E-state index contributed by atoms with van der Waals surface area (Å²) in [5, 5.41) is 8.56. The highest BCUT2D eigenvalue weighted by atomic mass is 16.5. The Morgan fingerprint density at radius 2 is 1.80 bits per heavy atom. The molecule has 0 radical (unpaired) electrons. The van der Waals surface area contributed by atoms with E-state index in [0.29, 0.717) is 0 Å². The van der Waals surface area contributed by atoms with Crippen LogP contribution in [0, 0.1) is 0 Å². The first-order chi connectivity index (χ1) is 9.61. The van der Waals surface area contributed by atoms with E-state index in [2.05, 4.69) is 24.1 Å². The van der Waals surface area contributed by atoms with Crippen LogP contribution in [-0.4, -0.2) is 43.2 Å². The zero-order valence-electron chi connectivity index (χ0n) is 12.5. The molecule has 0 fully saturated rings. The molecular weight excluding hydrogens is 254 g/mol. The van der Waals surface area contributed by atoms with Gasteiger partial charge in [0.15, 0.2) is 0 Å². The van der Waals surface area contributed by atoms with Gasteiger partial charge in [-0.25, -0.2) is 0 Å². The molecule has 0 aliphatic rings. The number of rotatable bonds is 10. The number of methoxy groups -OCH3 is 1. The second-order valence-electron chi connectivity index (χ2n) is 5.11. The molecule has 0 aliphatic heterocycles. The third-order valence-electron chi connectivity index (χ3n) is 3.34. The fraction of sp³-hybridized carbons (Fsp3) is 0.562. The second-order valence-corrected chi connectivity index (χ2v) is 5.11. The van der Waals surface area contributed by atoms with Crippen LogP contribution in [0.5, 0.6) is 5.75 Å². The number of carboxylic acid groups (broad SMARTS) is 1. The molecule has 112 valence electrons. The maximum Gasteiger partial charge on any atom is 0.303 e. The van der Waals surface area contributed by atoms with Crippen molar-refractivity contribution in [2.24, 2.45) is 0 Å². The van der Waals surface area contributed by atoms with Gasteiger partial charge in [0.2, 0.25) is 0 Å². The van der Waals surface area contributed by atoms with Gasteiger partial charge in [0.05, 0.1) is 7.11 Å². The number of aliphatic carboxylic acids is 1. The van der Waals surface area contributed by atoms with Crippen LogP contribution in [0.15, 0.2) is 24.3 Å². The molecule has 1 aromatic rings. The molecule has 0 spiro atoms. The molecule has 0 unspecified atom stereocenters. The molecule has 1 aromatic carbocycles. The number of carboxylic acids is 1. The SMILES string of the molecule is COc1ccc(CCCN(C)CCCCC(=O)O)cc1. The van der Waals surface area contributed by atoms with Crippen molar-refractivity contribution in [1.82, 2.24) is 4.90 Å². The van der Waals surface area contributed by atoms with Crippen LogP contribution in [0.4, 0.5) is 0 Å². The van der Waals surface area contributed by atoms with E-state index < -0.39 is 5.97 Å². The van der Waals surface area contributed by atoms with E-state index in [1.54, 1.807) is 7.11 Å². The number of benzene rings is 1. The molecule has 0 saturated carbocycles. The van der Waals surface area contributed by atoms with Gasteiger partial charge in [0.1, 0.15) is 5.75 Å². The number of ether oxygens (including phenoxy) is 1. The number of hydrogen-bond donors (Lipinski definition) is 1. The van der Waals surface area contributed by atoms with Crippen molar-refractivity contribution in [2.75, 3.05) is 27.2 Å². The third kappa shape index (κ3) is 7.14. The van der Waals surface area contributed by atoms with Crippen molar-refractivity contribution in [3.63, 3.8) is 0 Å². The summed E-state index contributed by atoms with van der Waals surface area (Å²) >= 11 is 0. The normalized spacial score (nSPS) is 10.8. The van der Waals surface area contributed by atoms with Gasteiger partial charge in [-0.1, -0.05) is 12.1 Å². The average molecular weight is 279 g/mol. The minimum Gasteiger partial charge on any atom is -0.497 e. The summed E-state index contributed by atoms with van der Waals surface area (Å²) in [5.74, 6) is 0.191. The predicted molar refractivity (Wildman–Crippen MR) is 80.3 cm³/mol. The Hall–Kier alpha value is -1.55. The quantitative estimate of drug-likeness (QED) is 0.669. The first-order valence-corrected chi connectivity index (χ1v) is 7.15. The highest BCUT2D eigenvalue weighted by Gasteiger charge is 2.01. The maximum atomic E-state index is 10.4. The number of hydrogen-bond acceptors (Lipinski definition) is 3. The largest absolute Gasteiger partial charge is 0.497 e. The molecule has 0 heterocycles. The summed E-state index contributed by atoms with van der Waals surface area (Å²) in [4.78, 5) is 12.7. The van der Waals surface area contributed by atoms with Crippen molar-refractivity contribution in [3.05, 3.63) is 29.8 Å². The molecule has 4 nitrogen and oxygen atoms in total. The Labute approximate surface area is 121 Å². The van der Waals surface area contributed by atoms with Crippen LogP contribution in [0.1, 0.15) is 31.2 Å². The molecule has 0 aromatic heterocycles. The summed E-state index contributed by atoms with van der Waals surface area (Å²) in [7, 11) is 3.77. The number of nitrogens with zero attached hydrogens (tertiary/aromatic N) is 1. The fourth-order valence-corrected chi connectivity index (χ4v) is 2.12. The van der Waals surface area contributed by atoms with E-state index in [0.717, 1.165) is 44.5 Å². The molecule has 20 heavy (non-hydrogen) atoms. The Balaban J connectivity index is 2.11.